The molecule has 3 amide bonds. The third-order valence-corrected chi connectivity index (χ3v) is 4.57. The minimum atomic E-state index is -1.50. The summed E-state index contributed by atoms with van der Waals surface area (Å²) in [5.41, 5.74) is 3.44. The Morgan fingerprint density at radius 1 is 0.966 bits per heavy atom. The summed E-state index contributed by atoms with van der Waals surface area (Å²) in [7, 11) is 2.65. The summed E-state index contributed by atoms with van der Waals surface area (Å²) in [5.74, 6) is -0.919. The van der Waals surface area contributed by atoms with Gasteiger partial charge < -0.3 is 19.7 Å². The normalized spacial score (nSPS) is 13.2. The summed E-state index contributed by atoms with van der Waals surface area (Å²) < 4.78 is 11.1. The highest BCUT2D eigenvalue weighted by Gasteiger charge is 2.33. The van der Waals surface area contributed by atoms with E-state index in [2.05, 4.69) is 5.32 Å². The van der Waals surface area contributed by atoms with Crippen LogP contribution in [0.4, 0.5) is 0 Å². The van der Waals surface area contributed by atoms with Gasteiger partial charge in [0.1, 0.15) is 13.2 Å². The van der Waals surface area contributed by atoms with E-state index in [1.54, 1.807) is 24.3 Å². The predicted octanol–water partition coefficient (Wildman–Crippen LogP) is 0.817. The highest BCUT2D eigenvalue weighted by molar-refractivity contribution is 6.08. The molecule has 9 nitrogen and oxygen atoms in total. The first-order valence-corrected chi connectivity index (χ1v) is 8.89. The highest BCUT2D eigenvalue weighted by atomic mass is 16.6. The second-order valence-corrected chi connectivity index (χ2v) is 6.34. The molecule has 0 aliphatic carbocycles. The van der Waals surface area contributed by atoms with Crippen LogP contribution in [-0.2, 0) is 9.59 Å². The lowest BCUT2D eigenvalue weighted by Crippen LogP contribution is -2.54. The SMILES string of the molecule is CNC(=O)C(C(=O)NO)N(C)C(=O)c1ccc(-c2ccc3c(c2)OCCO3)cc1. The van der Waals surface area contributed by atoms with Gasteiger partial charge in [0, 0.05) is 19.7 Å². The van der Waals surface area contributed by atoms with Gasteiger partial charge in [-0.05, 0) is 35.4 Å². The van der Waals surface area contributed by atoms with Gasteiger partial charge >= 0.3 is 0 Å². The zero-order chi connectivity index (χ0) is 21.0. The van der Waals surface area contributed by atoms with Crippen molar-refractivity contribution in [3.05, 3.63) is 48.0 Å². The Balaban J connectivity index is 1.81. The highest BCUT2D eigenvalue weighted by Crippen LogP contribution is 2.34. The van der Waals surface area contributed by atoms with Crippen LogP contribution in [-0.4, -0.2) is 61.2 Å². The number of nitrogens with one attached hydrogen (secondary N) is 2. The van der Waals surface area contributed by atoms with Crippen molar-refractivity contribution in [2.75, 3.05) is 27.3 Å². The average molecular weight is 399 g/mol. The van der Waals surface area contributed by atoms with Crippen molar-refractivity contribution in [1.82, 2.24) is 15.7 Å². The van der Waals surface area contributed by atoms with E-state index in [1.165, 1.54) is 19.6 Å². The smallest absolute Gasteiger partial charge is 0.275 e. The third-order valence-electron chi connectivity index (χ3n) is 4.57. The summed E-state index contributed by atoms with van der Waals surface area (Å²) in [4.78, 5) is 37.4. The predicted molar refractivity (Wildman–Crippen MR) is 103 cm³/mol. The number of carbonyl (C=O) groups excluding carboxylic acids is 3. The summed E-state index contributed by atoms with van der Waals surface area (Å²) in [6.07, 6.45) is 0. The molecule has 0 fully saturated rings. The first-order chi connectivity index (χ1) is 14.0. The lowest BCUT2D eigenvalue weighted by Gasteiger charge is -2.25. The number of hydroxylamine groups is 1. The first-order valence-electron chi connectivity index (χ1n) is 8.89. The molecular formula is C20H21N3O6. The maximum atomic E-state index is 12.7. The Bertz CT molecular complexity index is 912. The van der Waals surface area contributed by atoms with E-state index in [9.17, 15) is 14.4 Å². The molecule has 1 aliphatic rings. The second-order valence-electron chi connectivity index (χ2n) is 6.34. The monoisotopic (exact) mass is 399 g/mol. The molecule has 1 aliphatic heterocycles. The van der Waals surface area contributed by atoms with E-state index < -0.39 is 23.8 Å². The molecule has 0 saturated heterocycles. The minimum absolute atomic E-state index is 0.286. The number of nitrogens with zero attached hydrogens (tertiary/aromatic N) is 1. The molecule has 3 rings (SSSR count). The fourth-order valence-corrected chi connectivity index (χ4v) is 3.02. The van der Waals surface area contributed by atoms with Gasteiger partial charge in [0.25, 0.3) is 17.7 Å². The average Bonchev–Trinajstić information content (AvgIpc) is 2.78. The maximum absolute atomic E-state index is 12.7. The van der Waals surface area contributed by atoms with Crippen molar-refractivity contribution < 1.29 is 29.1 Å². The van der Waals surface area contributed by atoms with Crippen molar-refractivity contribution in [3.8, 4) is 22.6 Å². The van der Waals surface area contributed by atoms with Crippen molar-refractivity contribution in [1.29, 1.82) is 0 Å². The van der Waals surface area contributed by atoms with Crippen molar-refractivity contribution in [3.63, 3.8) is 0 Å². The molecule has 2 aromatic carbocycles. The lowest BCUT2D eigenvalue weighted by atomic mass is 10.0. The van der Waals surface area contributed by atoms with Gasteiger partial charge in [-0.25, -0.2) is 5.48 Å². The number of amides is 3. The third kappa shape index (κ3) is 4.14. The molecule has 0 bridgehead atoms. The largest absolute Gasteiger partial charge is 0.486 e. The van der Waals surface area contributed by atoms with Gasteiger partial charge in [0.05, 0.1) is 0 Å². The molecular weight excluding hydrogens is 378 g/mol. The van der Waals surface area contributed by atoms with Crippen molar-refractivity contribution in [2.45, 2.75) is 6.04 Å². The summed E-state index contributed by atoms with van der Waals surface area (Å²) in [6.45, 7) is 1.01. The quantitative estimate of drug-likeness (QED) is 0.389. The molecule has 29 heavy (non-hydrogen) atoms. The van der Waals surface area contributed by atoms with Crippen molar-refractivity contribution in [2.24, 2.45) is 0 Å². The fourth-order valence-electron chi connectivity index (χ4n) is 3.02. The zero-order valence-corrected chi connectivity index (χ0v) is 16.0. The number of carbonyl (C=O) groups is 3. The van der Waals surface area contributed by atoms with Crippen LogP contribution in [0.15, 0.2) is 42.5 Å². The summed E-state index contributed by atoms with van der Waals surface area (Å²) in [5, 5.41) is 11.2. The Morgan fingerprint density at radius 3 is 2.21 bits per heavy atom. The number of hydrogen-bond acceptors (Lipinski definition) is 6. The maximum Gasteiger partial charge on any atom is 0.275 e. The molecule has 152 valence electrons. The van der Waals surface area contributed by atoms with Crippen molar-refractivity contribution >= 4 is 17.7 Å². The van der Waals surface area contributed by atoms with Gasteiger partial charge in [-0.15, -0.1) is 0 Å². The molecule has 9 heteroatoms. The Kier molecular flexibility index (Phi) is 5.99. The topological polar surface area (TPSA) is 117 Å². The number of hydrogen-bond donors (Lipinski definition) is 3. The van der Waals surface area contributed by atoms with Crippen LogP contribution in [0, 0.1) is 0 Å². The van der Waals surface area contributed by atoms with Crippen LogP contribution >= 0.6 is 0 Å². The molecule has 1 unspecified atom stereocenters. The molecule has 1 atom stereocenters. The van der Waals surface area contributed by atoms with E-state index in [4.69, 9.17) is 14.7 Å². The van der Waals surface area contributed by atoms with Crippen LogP contribution in [0.25, 0.3) is 11.1 Å². The van der Waals surface area contributed by atoms with Gasteiger partial charge in [-0.3, -0.25) is 19.6 Å². The molecule has 1 heterocycles. The molecule has 0 saturated carbocycles. The number of benzene rings is 2. The number of ether oxygens (including phenoxy) is 2. The van der Waals surface area contributed by atoms with E-state index in [0.29, 0.717) is 24.7 Å². The summed E-state index contributed by atoms with van der Waals surface area (Å²) >= 11 is 0. The Hall–Kier alpha value is -3.59. The lowest BCUT2D eigenvalue weighted by molar-refractivity contribution is -0.140. The standard InChI is InChI=1S/C20H21N3O6/c1-21-18(24)17(19(25)22-27)23(2)20(26)13-5-3-12(4-6-13)14-7-8-15-16(11-14)29-10-9-28-15/h3-8,11,17,27H,9-10H2,1-2H3,(H,21,24)(H,22,25). The van der Waals surface area contributed by atoms with E-state index in [0.717, 1.165) is 16.0 Å². The van der Waals surface area contributed by atoms with Crippen LogP contribution in [0.5, 0.6) is 11.5 Å². The molecule has 0 aromatic heterocycles. The van der Waals surface area contributed by atoms with Gasteiger partial charge in [0.15, 0.2) is 17.5 Å². The molecule has 2 aromatic rings. The molecule has 3 N–H and O–H groups in total. The van der Waals surface area contributed by atoms with Gasteiger partial charge in [-0.1, -0.05) is 18.2 Å². The van der Waals surface area contributed by atoms with Crippen LogP contribution in [0.1, 0.15) is 10.4 Å². The number of rotatable bonds is 5. The van der Waals surface area contributed by atoms with Crippen LogP contribution < -0.4 is 20.3 Å². The first kappa shape index (κ1) is 20.2. The van der Waals surface area contributed by atoms with Crippen LogP contribution in [0.3, 0.4) is 0 Å². The molecule has 0 spiro atoms. The second kappa shape index (κ2) is 8.61. The Labute approximate surface area is 167 Å². The van der Waals surface area contributed by atoms with E-state index in [-0.39, 0.29) is 5.56 Å². The Morgan fingerprint density at radius 2 is 1.59 bits per heavy atom. The van der Waals surface area contributed by atoms with Gasteiger partial charge in [0.2, 0.25) is 0 Å². The fraction of sp³-hybridized carbons (Fsp3) is 0.250. The minimum Gasteiger partial charge on any atom is -0.486 e. The summed E-state index contributed by atoms with van der Waals surface area (Å²) in [6, 6.07) is 10.8. The van der Waals surface area contributed by atoms with Gasteiger partial charge in [-0.2, -0.15) is 0 Å². The number of fused-ring (bicyclic) bond motifs is 1. The number of likely N-dealkylation sites (N-methyl/N-ethyl adjacent to an activating group) is 2. The molecule has 0 radical (unpaired) electrons. The zero-order valence-electron chi connectivity index (χ0n) is 16.0. The van der Waals surface area contributed by atoms with E-state index >= 15 is 0 Å². The van der Waals surface area contributed by atoms with E-state index in [1.807, 2.05) is 18.2 Å². The van der Waals surface area contributed by atoms with Crippen LogP contribution in [0.2, 0.25) is 0 Å².